The van der Waals surface area contributed by atoms with E-state index in [0.717, 1.165) is 12.7 Å². The largest absolute Gasteiger partial charge is 0.487 e. The molecule has 33 heavy (non-hydrogen) atoms. The van der Waals surface area contributed by atoms with Crippen LogP contribution < -0.4 is 10.1 Å². The Bertz CT molecular complexity index is 1280. The lowest BCUT2D eigenvalue weighted by molar-refractivity contribution is -0.384. The van der Waals surface area contributed by atoms with Gasteiger partial charge in [0.25, 0.3) is 11.6 Å². The number of anilines is 1. The zero-order chi connectivity index (χ0) is 24.0. The maximum Gasteiger partial charge on any atom is 0.269 e. The molecule has 0 heterocycles. The van der Waals surface area contributed by atoms with E-state index in [1.807, 2.05) is 43.3 Å². The summed E-state index contributed by atoms with van der Waals surface area (Å²) in [6.07, 6.45) is 1.53. The number of nitro groups is 1. The molecule has 1 N–H and O–H groups in total. The van der Waals surface area contributed by atoms with E-state index in [2.05, 4.69) is 50.5 Å². The molecule has 3 aromatic carbocycles. The van der Waals surface area contributed by atoms with E-state index in [0.29, 0.717) is 22.6 Å². The van der Waals surface area contributed by atoms with Crippen LogP contribution in [0, 0.1) is 35.5 Å². The molecule has 3 aromatic rings. The third-order valence-electron chi connectivity index (χ3n) is 4.48. The topological polar surface area (TPSA) is 105 Å². The average molecular weight is 665 g/mol. The summed E-state index contributed by atoms with van der Waals surface area (Å²) in [7, 11) is 0. The summed E-state index contributed by atoms with van der Waals surface area (Å²) in [6, 6.07) is 19.2. The van der Waals surface area contributed by atoms with E-state index in [4.69, 9.17) is 4.74 Å². The van der Waals surface area contributed by atoms with Crippen LogP contribution in [0.2, 0.25) is 0 Å². The third kappa shape index (κ3) is 6.75. The first-order valence-electron chi connectivity index (χ1n) is 9.62. The lowest BCUT2D eigenvalue weighted by Crippen LogP contribution is -2.13. The van der Waals surface area contributed by atoms with E-state index < -0.39 is 10.8 Å². The molecule has 0 fully saturated rings. The predicted octanol–water partition coefficient (Wildman–Crippen LogP) is 6.24. The molecule has 0 radical (unpaired) electrons. The summed E-state index contributed by atoms with van der Waals surface area (Å²) in [5.74, 6) is 0.140. The van der Waals surface area contributed by atoms with Crippen LogP contribution in [-0.2, 0) is 11.4 Å². The van der Waals surface area contributed by atoms with Crippen molar-refractivity contribution in [1.29, 1.82) is 5.26 Å². The van der Waals surface area contributed by atoms with Gasteiger partial charge in [-0.3, -0.25) is 14.9 Å². The van der Waals surface area contributed by atoms with Crippen molar-refractivity contribution in [2.75, 3.05) is 5.32 Å². The fraction of sp³-hybridized carbons (Fsp3) is 0.0833. The zero-order valence-corrected chi connectivity index (χ0v) is 21.7. The number of nitriles is 1. The summed E-state index contributed by atoms with van der Waals surface area (Å²) >= 11 is 4.24. The van der Waals surface area contributed by atoms with Gasteiger partial charge in [-0.2, -0.15) is 5.26 Å². The monoisotopic (exact) mass is 665 g/mol. The van der Waals surface area contributed by atoms with E-state index in [9.17, 15) is 20.2 Å². The highest BCUT2D eigenvalue weighted by molar-refractivity contribution is 14.1. The molecule has 166 valence electrons. The van der Waals surface area contributed by atoms with Crippen LogP contribution in [0.4, 0.5) is 11.4 Å². The number of amides is 1. The molecule has 7 nitrogen and oxygen atoms in total. The molecule has 0 spiro atoms. The number of nitro benzene ring substituents is 1. The van der Waals surface area contributed by atoms with Crippen LogP contribution in [0.1, 0.15) is 16.7 Å². The highest BCUT2D eigenvalue weighted by Gasteiger charge is 2.13. The van der Waals surface area contributed by atoms with Crippen LogP contribution in [0.3, 0.4) is 0 Å². The Hall–Kier alpha value is -2.98. The number of rotatable bonds is 7. The summed E-state index contributed by atoms with van der Waals surface area (Å²) < 4.78 is 7.48. The first-order chi connectivity index (χ1) is 15.8. The molecular formula is C24H17I2N3O4. The van der Waals surface area contributed by atoms with Gasteiger partial charge in [0.15, 0.2) is 0 Å². The highest BCUT2D eigenvalue weighted by atomic mass is 127. The van der Waals surface area contributed by atoms with Crippen LogP contribution in [-0.4, -0.2) is 10.8 Å². The Kier molecular flexibility index (Phi) is 8.40. The van der Waals surface area contributed by atoms with E-state index in [-0.39, 0.29) is 17.9 Å². The summed E-state index contributed by atoms with van der Waals surface area (Å²) in [4.78, 5) is 23.1. The van der Waals surface area contributed by atoms with Crippen molar-refractivity contribution in [3.8, 4) is 11.8 Å². The Morgan fingerprint density at radius 3 is 2.48 bits per heavy atom. The molecule has 0 aliphatic carbocycles. The number of ether oxygens (including phenoxy) is 1. The molecule has 0 aliphatic rings. The van der Waals surface area contributed by atoms with Crippen molar-refractivity contribution in [2.45, 2.75) is 13.5 Å². The Labute approximate surface area is 217 Å². The van der Waals surface area contributed by atoms with E-state index in [1.165, 1.54) is 18.2 Å². The number of nitrogens with one attached hydrogen (secondary N) is 1. The fourth-order valence-corrected chi connectivity index (χ4v) is 5.08. The van der Waals surface area contributed by atoms with Crippen molar-refractivity contribution in [3.05, 3.63) is 100 Å². The Balaban J connectivity index is 1.77. The first kappa shape index (κ1) is 24.7. The zero-order valence-electron chi connectivity index (χ0n) is 17.3. The van der Waals surface area contributed by atoms with Gasteiger partial charge < -0.3 is 10.1 Å². The van der Waals surface area contributed by atoms with Crippen molar-refractivity contribution in [2.24, 2.45) is 0 Å². The number of carbonyl (C=O) groups is 1. The molecule has 0 aliphatic heterocycles. The average Bonchev–Trinajstić information content (AvgIpc) is 2.77. The summed E-state index contributed by atoms with van der Waals surface area (Å²) in [5, 5.41) is 23.2. The summed E-state index contributed by atoms with van der Waals surface area (Å²) in [6.45, 7) is 2.09. The van der Waals surface area contributed by atoms with Gasteiger partial charge in [0.1, 0.15) is 24.0 Å². The van der Waals surface area contributed by atoms with Gasteiger partial charge in [-0.1, -0.05) is 24.3 Å². The molecule has 0 saturated heterocycles. The van der Waals surface area contributed by atoms with Crippen molar-refractivity contribution >= 4 is 68.5 Å². The fourth-order valence-electron chi connectivity index (χ4n) is 2.95. The number of hydrogen-bond donors (Lipinski definition) is 1. The standard InChI is InChI=1S/C24H17I2N3O4/c1-15-4-2-6-19(8-15)28-24(30)18(13-27)9-17-11-21(25)23(22(26)12-17)33-14-16-5-3-7-20(10-16)29(31)32/h2-12H,14H2,1H3,(H,28,30)/b18-9-. The lowest BCUT2D eigenvalue weighted by atomic mass is 10.1. The second-order valence-electron chi connectivity index (χ2n) is 7.02. The maximum absolute atomic E-state index is 12.6. The molecule has 1 amide bonds. The quantitative estimate of drug-likeness (QED) is 0.106. The minimum atomic E-state index is -0.487. The van der Waals surface area contributed by atoms with Gasteiger partial charge in [0.05, 0.1) is 12.1 Å². The molecule has 0 atom stereocenters. The molecule has 0 unspecified atom stereocenters. The maximum atomic E-state index is 12.6. The van der Waals surface area contributed by atoms with Crippen LogP contribution >= 0.6 is 45.2 Å². The Morgan fingerprint density at radius 2 is 1.85 bits per heavy atom. The van der Waals surface area contributed by atoms with E-state index in [1.54, 1.807) is 18.2 Å². The van der Waals surface area contributed by atoms with Gasteiger partial charge in [-0.25, -0.2) is 0 Å². The number of nitrogens with zero attached hydrogens (tertiary/aromatic N) is 2. The minimum Gasteiger partial charge on any atom is -0.487 e. The van der Waals surface area contributed by atoms with Crippen LogP contribution in [0.5, 0.6) is 5.75 Å². The second-order valence-corrected chi connectivity index (χ2v) is 9.35. The number of aryl methyl sites for hydroxylation is 1. The minimum absolute atomic E-state index is 0.00829. The molecule has 3 rings (SSSR count). The van der Waals surface area contributed by atoms with Gasteiger partial charge in [-0.15, -0.1) is 0 Å². The number of carbonyl (C=O) groups excluding carboxylic acids is 1. The highest BCUT2D eigenvalue weighted by Crippen LogP contribution is 2.31. The SMILES string of the molecule is Cc1cccc(NC(=O)/C(C#N)=C\c2cc(I)c(OCc3cccc([N+](=O)[O-])c3)c(I)c2)c1. The van der Waals surface area contributed by atoms with Crippen LogP contribution in [0.25, 0.3) is 6.08 Å². The number of non-ortho nitro benzene ring substituents is 1. The van der Waals surface area contributed by atoms with Crippen molar-refractivity contribution in [1.82, 2.24) is 0 Å². The predicted molar refractivity (Wildman–Crippen MR) is 143 cm³/mol. The van der Waals surface area contributed by atoms with Crippen molar-refractivity contribution in [3.63, 3.8) is 0 Å². The Morgan fingerprint density at radius 1 is 1.15 bits per heavy atom. The lowest BCUT2D eigenvalue weighted by Gasteiger charge is -2.12. The molecular weight excluding hydrogens is 648 g/mol. The van der Waals surface area contributed by atoms with E-state index >= 15 is 0 Å². The van der Waals surface area contributed by atoms with Crippen LogP contribution in [0.15, 0.2) is 66.2 Å². The number of hydrogen-bond acceptors (Lipinski definition) is 5. The first-order valence-corrected chi connectivity index (χ1v) is 11.8. The number of halogens is 2. The third-order valence-corrected chi connectivity index (χ3v) is 6.08. The van der Waals surface area contributed by atoms with Gasteiger partial charge in [0, 0.05) is 17.8 Å². The normalized spacial score (nSPS) is 10.9. The molecule has 9 heteroatoms. The summed E-state index contributed by atoms with van der Waals surface area (Å²) in [5.41, 5.74) is 2.97. The second kappa shape index (κ2) is 11.2. The smallest absolute Gasteiger partial charge is 0.269 e. The van der Waals surface area contributed by atoms with Crippen molar-refractivity contribution < 1.29 is 14.5 Å². The van der Waals surface area contributed by atoms with Gasteiger partial charge >= 0.3 is 0 Å². The molecule has 0 bridgehead atoms. The van der Waals surface area contributed by atoms with Gasteiger partial charge in [-0.05, 0) is 99.1 Å². The van der Waals surface area contributed by atoms with Gasteiger partial charge in [0.2, 0.25) is 0 Å². The number of benzene rings is 3. The molecule has 0 saturated carbocycles. The molecule has 0 aromatic heterocycles.